The Hall–Kier alpha value is -1.34. The summed E-state index contributed by atoms with van der Waals surface area (Å²) in [4.78, 5) is 25.3. The van der Waals surface area contributed by atoms with Crippen LogP contribution in [-0.2, 0) is 14.6 Å². The molecule has 1 aromatic carbocycles. The molecule has 1 atom stereocenters. The van der Waals surface area contributed by atoms with Crippen LogP contribution in [0.2, 0.25) is 0 Å². The number of hydrogen-bond acceptors (Lipinski definition) is 5. The highest BCUT2D eigenvalue weighted by Gasteiger charge is 2.19. The fourth-order valence-electron chi connectivity index (χ4n) is 1.84. The lowest BCUT2D eigenvalue weighted by molar-refractivity contribution is -0.128. The number of benzene rings is 1. The highest BCUT2D eigenvalue weighted by Crippen LogP contribution is 2.09. The van der Waals surface area contributed by atoms with Gasteiger partial charge in [0.2, 0.25) is 5.91 Å². The molecule has 0 fully saturated rings. The highest BCUT2D eigenvalue weighted by molar-refractivity contribution is 8.00. The number of amides is 1. The highest BCUT2D eigenvalue weighted by atomic mass is 32.2. The molecule has 5 nitrogen and oxygen atoms in total. The molecule has 0 saturated carbocycles. The Balaban J connectivity index is 2.41. The van der Waals surface area contributed by atoms with Crippen LogP contribution >= 0.6 is 11.8 Å². The van der Waals surface area contributed by atoms with Gasteiger partial charge in [0.1, 0.15) is 9.84 Å². The van der Waals surface area contributed by atoms with Crippen LogP contribution in [0.3, 0.4) is 0 Å². The molecule has 0 bridgehead atoms. The lowest BCUT2D eigenvalue weighted by Gasteiger charge is -2.24. The summed E-state index contributed by atoms with van der Waals surface area (Å²) < 4.78 is 22.5. The summed E-state index contributed by atoms with van der Waals surface area (Å²) in [5.41, 5.74) is 0.626. The number of carbonyl (C=O) groups excluding carboxylic acids is 2. The van der Waals surface area contributed by atoms with E-state index in [0.29, 0.717) is 5.56 Å². The molecule has 1 amide bonds. The van der Waals surface area contributed by atoms with E-state index in [1.54, 1.807) is 38.2 Å². The third kappa shape index (κ3) is 6.62. The molecule has 0 radical (unpaired) electrons. The maximum atomic E-state index is 12.0. The Labute approximate surface area is 136 Å². The third-order valence-corrected chi connectivity index (χ3v) is 5.16. The molecule has 0 aliphatic rings. The minimum atomic E-state index is -3.13. The standard InChI is InChI=1S/C15H21NO4S2/c1-12(11-22(3,19)20)16(2)15(18)10-21-9-14(17)13-7-5-4-6-8-13/h4-8,12H,9-11H2,1-3H3. The first-order chi connectivity index (χ1) is 10.2. The number of thioether (sulfide) groups is 1. The molecule has 1 unspecified atom stereocenters. The van der Waals surface area contributed by atoms with E-state index < -0.39 is 9.84 Å². The summed E-state index contributed by atoms with van der Waals surface area (Å²) in [6, 6.07) is 8.53. The van der Waals surface area contributed by atoms with Gasteiger partial charge < -0.3 is 4.90 Å². The number of sulfone groups is 1. The molecule has 0 aliphatic carbocycles. The average Bonchev–Trinajstić information content (AvgIpc) is 2.45. The van der Waals surface area contributed by atoms with Crippen LogP contribution in [0.15, 0.2) is 30.3 Å². The average molecular weight is 343 g/mol. The Morgan fingerprint density at radius 2 is 1.77 bits per heavy atom. The van der Waals surface area contributed by atoms with Crippen LogP contribution in [-0.4, -0.2) is 61.6 Å². The van der Waals surface area contributed by atoms with Gasteiger partial charge in [0.25, 0.3) is 0 Å². The van der Waals surface area contributed by atoms with Crippen molar-refractivity contribution in [2.45, 2.75) is 13.0 Å². The van der Waals surface area contributed by atoms with E-state index in [4.69, 9.17) is 0 Å². The molecule has 0 heterocycles. The predicted octanol–water partition coefficient (Wildman–Crippen LogP) is 1.49. The van der Waals surface area contributed by atoms with Gasteiger partial charge in [0.05, 0.1) is 17.3 Å². The van der Waals surface area contributed by atoms with Crippen molar-refractivity contribution in [3.63, 3.8) is 0 Å². The van der Waals surface area contributed by atoms with Crippen molar-refractivity contribution in [1.29, 1.82) is 0 Å². The van der Waals surface area contributed by atoms with E-state index in [9.17, 15) is 18.0 Å². The van der Waals surface area contributed by atoms with Crippen LogP contribution in [0.4, 0.5) is 0 Å². The number of carbonyl (C=O) groups is 2. The van der Waals surface area contributed by atoms with E-state index in [-0.39, 0.29) is 35.0 Å². The number of nitrogens with zero attached hydrogens (tertiary/aromatic N) is 1. The van der Waals surface area contributed by atoms with E-state index in [1.807, 2.05) is 6.07 Å². The number of Topliss-reactive ketones (excluding diaryl/α,β-unsaturated/α-hetero) is 1. The SMILES string of the molecule is CC(CS(C)(=O)=O)N(C)C(=O)CSCC(=O)c1ccccc1. The van der Waals surface area contributed by atoms with Gasteiger partial charge in [0.15, 0.2) is 5.78 Å². The zero-order valence-corrected chi connectivity index (χ0v) is 14.6. The summed E-state index contributed by atoms with van der Waals surface area (Å²) in [5, 5.41) is 0. The Bertz CT molecular complexity index is 614. The molecule has 122 valence electrons. The molecule has 7 heteroatoms. The smallest absolute Gasteiger partial charge is 0.232 e. The van der Waals surface area contributed by atoms with Crippen molar-refractivity contribution >= 4 is 33.3 Å². The molecule has 0 saturated heterocycles. The minimum Gasteiger partial charge on any atom is -0.341 e. The van der Waals surface area contributed by atoms with Crippen LogP contribution in [0, 0.1) is 0 Å². The molecule has 1 aromatic rings. The van der Waals surface area contributed by atoms with E-state index >= 15 is 0 Å². The monoisotopic (exact) mass is 343 g/mol. The molecular weight excluding hydrogens is 322 g/mol. The topological polar surface area (TPSA) is 71.5 Å². The predicted molar refractivity (Wildman–Crippen MR) is 90.0 cm³/mol. The van der Waals surface area contributed by atoms with Crippen molar-refractivity contribution in [2.75, 3.05) is 30.6 Å². The van der Waals surface area contributed by atoms with E-state index in [0.717, 1.165) is 6.26 Å². The van der Waals surface area contributed by atoms with Gasteiger partial charge in [-0.15, -0.1) is 11.8 Å². The van der Waals surface area contributed by atoms with Crippen LogP contribution in [0.5, 0.6) is 0 Å². The Kier molecular flexibility index (Phi) is 7.09. The summed E-state index contributed by atoms with van der Waals surface area (Å²) in [6.07, 6.45) is 1.15. The summed E-state index contributed by atoms with van der Waals surface area (Å²) >= 11 is 1.24. The van der Waals surface area contributed by atoms with Crippen molar-refractivity contribution < 1.29 is 18.0 Å². The van der Waals surface area contributed by atoms with Crippen LogP contribution in [0.25, 0.3) is 0 Å². The molecule has 22 heavy (non-hydrogen) atoms. The zero-order chi connectivity index (χ0) is 16.8. The van der Waals surface area contributed by atoms with Crippen LogP contribution < -0.4 is 0 Å². The van der Waals surface area contributed by atoms with Crippen LogP contribution in [0.1, 0.15) is 17.3 Å². The maximum Gasteiger partial charge on any atom is 0.232 e. The maximum absolute atomic E-state index is 12.0. The largest absolute Gasteiger partial charge is 0.341 e. The Morgan fingerprint density at radius 3 is 2.32 bits per heavy atom. The summed E-state index contributed by atoms with van der Waals surface area (Å²) in [5.74, 6) is 0.114. The second-order valence-corrected chi connectivity index (χ2v) is 8.40. The molecule has 0 aromatic heterocycles. The molecule has 0 N–H and O–H groups in total. The summed E-state index contributed by atoms with van der Waals surface area (Å²) in [7, 11) is -1.55. The van der Waals surface area contributed by atoms with Crippen molar-refractivity contribution in [3.05, 3.63) is 35.9 Å². The van der Waals surface area contributed by atoms with Gasteiger partial charge in [-0.1, -0.05) is 30.3 Å². The van der Waals surface area contributed by atoms with Gasteiger partial charge in [-0.25, -0.2) is 8.42 Å². The lowest BCUT2D eigenvalue weighted by atomic mass is 10.2. The summed E-state index contributed by atoms with van der Waals surface area (Å²) in [6.45, 7) is 1.69. The number of hydrogen-bond donors (Lipinski definition) is 0. The third-order valence-electron chi connectivity index (χ3n) is 3.15. The number of rotatable bonds is 8. The van der Waals surface area contributed by atoms with Gasteiger partial charge in [-0.3, -0.25) is 9.59 Å². The van der Waals surface area contributed by atoms with E-state index in [2.05, 4.69) is 0 Å². The van der Waals surface area contributed by atoms with Crippen molar-refractivity contribution in [1.82, 2.24) is 4.90 Å². The normalized spacial score (nSPS) is 12.7. The van der Waals surface area contributed by atoms with Gasteiger partial charge in [-0.05, 0) is 6.92 Å². The second-order valence-electron chi connectivity index (χ2n) is 5.23. The lowest BCUT2D eigenvalue weighted by Crippen LogP contribution is -2.40. The van der Waals surface area contributed by atoms with Gasteiger partial charge in [0, 0.05) is 24.9 Å². The van der Waals surface area contributed by atoms with Gasteiger partial charge in [-0.2, -0.15) is 0 Å². The first-order valence-electron chi connectivity index (χ1n) is 6.80. The molecule has 0 spiro atoms. The fraction of sp³-hybridized carbons (Fsp3) is 0.467. The molecule has 1 rings (SSSR count). The first kappa shape index (κ1) is 18.7. The van der Waals surface area contributed by atoms with Crippen molar-refractivity contribution in [2.24, 2.45) is 0 Å². The fourth-order valence-corrected chi connectivity index (χ4v) is 3.77. The second kappa shape index (κ2) is 8.33. The minimum absolute atomic E-state index is 0.0229. The van der Waals surface area contributed by atoms with E-state index in [1.165, 1.54) is 16.7 Å². The number of ketones is 1. The molecule has 0 aliphatic heterocycles. The van der Waals surface area contributed by atoms with Crippen molar-refractivity contribution in [3.8, 4) is 0 Å². The Morgan fingerprint density at radius 1 is 1.18 bits per heavy atom. The zero-order valence-electron chi connectivity index (χ0n) is 13.0. The molecular formula is C15H21NO4S2. The quantitative estimate of drug-likeness (QED) is 0.669. The van der Waals surface area contributed by atoms with Gasteiger partial charge >= 0.3 is 0 Å². The first-order valence-corrected chi connectivity index (χ1v) is 10.0.